The number of hydrogen-bond donors (Lipinski definition) is 1. The van der Waals surface area contributed by atoms with Crippen molar-refractivity contribution in [1.29, 1.82) is 0 Å². The summed E-state index contributed by atoms with van der Waals surface area (Å²) in [6.07, 6.45) is 3.97. The minimum atomic E-state index is -0.382. The normalized spacial score (nSPS) is 15.4. The molecule has 1 amide bonds. The van der Waals surface area contributed by atoms with Crippen molar-refractivity contribution in [3.05, 3.63) is 68.7 Å². The smallest absolute Gasteiger partial charge is 0.272 e. The van der Waals surface area contributed by atoms with E-state index in [1.807, 2.05) is 0 Å². The van der Waals surface area contributed by atoms with Gasteiger partial charge in [0.2, 0.25) is 0 Å². The van der Waals surface area contributed by atoms with Gasteiger partial charge in [-0.25, -0.2) is 5.43 Å². The molecule has 1 aliphatic heterocycles. The predicted molar refractivity (Wildman–Crippen MR) is 128 cm³/mol. The molecule has 0 saturated carbocycles. The highest BCUT2D eigenvalue weighted by atomic mass is 35.5. The van der Waals surface area contributed by atoms with Gasteiger partial charge in [-0.3, -0.25) is 4.79 Å². The summed E-state index contributed by atoms with van der Waals surface area (Å²) in [6, 6.07) is 9.43. The van der Waals surface area contributed by atoms with Gasteiger partial charge in [0.15, 0.2) is 0 Å². The van der Waals surface area contributed by atoms with Gasteiger partial charge in [0.05, 0.1) is 22.3 Å². The molecule has 3 rings (SSSR count). The van der Waals surface area contributed by atoms with Gasteiger partial charge >= 0.3 is 0 Å². The Kier molecular flexibility index (Phi) is 6.30. The summed E-state index contributed by atoms with van der Waals surface area (Å²) >= 11 is 12.0. The minimum Gasteiger partial charge on any atom is -0.360 e. The zero-order valence-corrected chi connectivity index (χ0v) is 19.7. The van der Waals surface area contributed by atoms with Crippen LogP contribution in [0.3, 0.4) is 0 Å². The van der Waals surface area contributed by atoms with Gasteiger partial charge in [0, 0.05) is 22.3 Å². The Bertz CT molecular complexity index is 1050. The van der Waals surface area contributed by atoms with Gasteiger partial charge in [-0.1, -0.05) is 29.3 Å². The second kappa shape index (κ2) is 8.44. The first-order valence-corrected chi connectivity index (χ1v) is 10.7. The Hall–Kier alpha value is -2.30. The number of hydrogen-bond acceptors (Lipinski definition) is 3. The average molecular weight is 444 g/mol. The monoisotopic (exact) mass is 443 g/mol. The predicted octanol–water partition coefficient (Wildman–Crippen LogP) is 6.48. The van der Waals surface area contributed by atoms with E-state index in [1.165, 1.54) is 22.9 Å². The fourth-order valence-electron chi connectivity index (χ4n) is 4.19. The van der Waals surface area contributed by atoms with Crippen LogP contribution in [0.5, 0.6) is 0 Å². The Morgan fingerprint density at radius 1 is 1.17 bits per heavy atom. The highest BCUT2D eigenvalue weighted by Crippen LogP contribution is 2.41. The van der Waals surface area contributed by atoms with Crippen molar-refractivity contribution < 1.29 is 4.79 Å². The Morgan fingerprint density at radius 3 is 2.50 bits per heavy atom. The standard InChI is InChI=1S/C24H27Cl2N3O/c1-14(2)29-22-9-15(3)17(10-20(22)16(4)12-24(29,5)6)13-27-28-23(30)19-8-7-18(25)11-21(19)26/h7-14H,1-6H3,(H,28,30)/b27-13+. The van der Waals surface area contributed by atoms with E-state index in [0.29, 0.717) is 16.6 Å². The number of fused-ring (bicyclic) bond motifs is 1. The van der Waals surface area contributed by atoms with Crippen molar-refractivity contribution in [3.63, 3.8) is 0 Å². The molecule has 0 spiro atoms. The number of rotatable bonds is 4. The second-order valence-corrected chi connectivity index (χ2v) is 9.34. The molecule has 2 aromatic rings. The lowest BCUT2D eigenvalue weighted by atomic mass is 9.86. The summed E-state index contributed by atoms with van der Waals surface area (Å²) in [7, 11) is 0. The average Bonchev–Trinajstić information content (AvgIpc) is 2.61. The summed E-state index contributed by atoms with van der Waals surface area (Å²) in [5.41, 5.74) is 8.50. The minimum absolute atomic E-state index is 0.0564. The lowest BCUT2D eigenvalue weighted by molar-refractivity contribution is 0.0955. The molecule has 2 aromatic carbocycles. The number of hydrazone groups is 1. The number of nitrogens with one attached hydrogen (secondary N) is 1. The van der Waals surface area contributed by atoms with Crippen molar-refractivity contribution >= 4 is 46.6 Å². The molecule has 0 bridgehead atoms. The molecule has 4 nitrogen and oxygen atoms in total. The van der Waals surface area contributed by atoms with Crippen LogP contribution < -0.4 is 10.3 Å². The molecule has 0 unspecified atom stereocenters. The summed E-state index contributed by atoms with van der Waals surface area (Å²) < 4.78 is 0. The van der Waals surface area contributed by atoms with E-state index < -0.39 is 0 Å². The van der Waals surface area contributed by atoms with E-state index in [2.05, 4.69) is 75.2 Å². The van der Waals surface area contributed by atoms with Crippen molar-refractivity contribution in [2.75, 3.05) is 4.90 Å². The van der Waals surface area contributed by atoms with Gasteiger partial charge in [-0.2, -0.15) is 5.10 Å². The zero-order valence-electron chi connectivity index (χ0n) is 18.2. The first-order chi connectivity index (χ1) is 14.0. The number of aryl methyl sites for hydroxylation is 1. The number of amides is 1. The van der Waals surface area contributed by atoms with E-state index in [4.69, 9.17) is 23.2 Å². The number of benzene rings is 2. The van der Waals surface area contributed by atoms with E-state index in [-0.39, 0.29) is 16.5 Å². The third kappa shape index (κ3) is 4.40. The fraction of sp³-hybridized carbons (Fsp3) is 0.333. The molecule has 0 aromatic heterocycles. The lowest BCUT2D eigenvalue weighted by Crippen LogP contribution is -2.49. The molecule has 0 fully saturated rings. The number of anilines is 1. The van der Waals surface area contributed by atoms with Gasteiger partial charge < -0.3 is 4.90 Å². The van der Waals surface area contributed by atoms with Crippen LogP contribution in [0.4, 0.5) is 5.69 Å². The Morgan fingerprint density at radius 2 is 1.87 bits per heavy atom. The Balaban J connectivity index is 1.88. The first kappa shape index (κ1) is 22.4. The first-order valence-electron chi connectivity index (χ1n) is 9.93. The highest BCUT2D eigenvalue weighted by Gasteiger charge is 2.33. The SMILES string of the molecule is CC1=CC(C)(C)N(C(C)C)c2cc(C)c(/C=N/NC(=O)c3ccc(Cl)cc3Cl)cc21. The molecule has 1 N–H and O–H groups in total. The molecule has 0 saturated heterocycles. The number of halogens is 2. The van der Waals surface area contributed by atoms with Crippen LogP contribution >= 0.6 is 23.2 Å². The third-order valence-corrected chi connectivity index (χ3v) is 5.87. The topological polar surface area (TPSA) is 44.7 Å². The van der Waals surface area contributed by atoms with Gasteiger partial charge in [-0.15, -0.1) is 0 Å². The van der Waals surface area contributed by atoms with Crippen molar-refractivity contribution in [3.8, 4) is 0 Å². The molecule has 158 valence electrons. The van der Waals surface area contributed by atoms with Crippen molar-refractivity contribution in [1.82, 2.24) is 5.43 Å². The molecule has 1 aliphatic rings. The molecule has 6 heteroatoms. The largest absolute Gasteiger partial charge is 0.360 e. The van der Waals surface area contributed by atoms with E-state index in [9.17, 15) is 4.79 Å². The molecule has 1 heterocycles. The summed E-state index contributed by atoms with van der Waals surface area (Å²) in [5.74, 6) is -0.382. The summed E-state index contributed by atoms with van der Waals surface area (Å²) in [4.78, 5) is 14.8. The van der Waals surface area contributed by atoms with E-state index in [0.717, 1.165) is 11.1 Å². The number of carbonyl (C=O) groups is 1. The van der Waals surface area contributed by atoms with Crippen LogP contribution in [0.25, 0.3) is 5.57 Å². The maximum atomic E-state index is 12.4. The van der Waals surface area contributed by atoms with Crippen LogP contribution in [0.2, 0.25) is 10.0 Å². The van der Waals surface area contributed by atoms with Crippen LogP contribution in [0, 0.1) is 6.92 Å². The quantitative estimate of drug-likeness (QED) is 0.434. The van der Waals surface area contributed by atoms with Gasteiger partial charge in [0.25, 0.3) is 5.91 Å². The van der Waals surface area contributed by atoms with Crippen molar-refractivity contribution in [2.24, 2.45) is 5.10 Å². The highest BCUT2D eigenvalue weighted by molar-refractivity contribution is 6.36. The van der Waals surface area contributed by atoms with E-state index in [1.54, 1.807) is 18.3 Å². The summed E-state index contributed by atoms with van der Waals surface area (Å²) in [6.45, 7) is 13.1. The molecular weight excluding hydrogens is 417 g/mol. The van der Waals surface area contributed by atoms with Crippen molar-refractivity contribution in [2.45, 2.75) is 53.1 Å². The third-order valence-electron chi connectivity index (χ3n) is 5.32. The second-order valence-electron chi connectivity index (χ2n) is 8.49. The molecular formula is C24H27Cl2N3O. The maximum Gasteiger partial charge on any atom is 0.272 e. The fourth-order valence-corrected chi connectivity index (χ4v) is 4.68. The lowest BCUT2D eigenvalue weighted by Gasteiger charge is -2.46. The van der Waals surface area contributed by atoms with E-state index >= 15 is 0 Å². The molecule has 30 heavy (non-hydrogen) atoms. The maximum absolute atomic E-state index is 12.4. The van der Waals surface area contributed by atoms with Crippen LogP contribution in [-0.2, 0) is 0 Å². The van der Waals surface area contributed by atoms with Gasteiger partial charge in [0.1, 0.15) is 0 Å². The molecule has 0 aliphatic carbocycles. The van der Waals surface area contributed by atoms with Crippen LogP contribution in [0.15, 0.2) is 41.5 Å². The number of allylic oxidation sites excluding steroid dienone is 1. The summed E-state index contributed by atoms with van der Waals surface area (Å²) in [5, 5.41) is 4.92. The number of carbonyl (C=O) groups excluding carboxylic acids is 1. The Labute approximate surface area is 188 Å². The van der Waals surface area contributed by atoms with Gasteiger partial charge in [-0.05, 0) is 88.6 Å². The molecule has 0 atom stereocenters. The van der Waals surface area contributed by atoms with Crippen LogP contribution in [-0.4, -0.2) is 23.7 Å². The number of nitrogens with zero attached hydrogens (tertiary/aromatic N) is 2. The molecule has 0 radical (unpaired) electrons. The zero-order chi connectivity index (χ0) is 22.2. The van der Waals surface area contributed by atoms with Crippen LogP contribution in [0.1, 0.15) is 61.7 Å².